The van der Waals surface area contributed by atoms with Crippen molar-refractivity contribution in [1.82, 2.24) is 0 Å². The number of rotatable bonds is 15. The fraction of sp³-hybridized carbons (Fsp3) is 0.647. The zero-order valence-corrected chi connectivity index (χ0v) is 14.0. The molecule has 0 aliphatic carbocycles. The molecule has 132 valence electrons. The van der Waals surface area contributed by atoms with E-state index in [1.807, 2.05) is 18.2 Å². The molecule has 0 aromatic heterocycles. The van der Waals surface area contributed by atoms with E-state index < -0.39 is 0 Å². The molecule has 0 saturated carbocycles. The quantitative estimate of drug-likeness (QED) is 0.488. The third-order valence-electron chi connectivity index (χ3n) is 3.12. The maximum Gasteiger partial charge on any atom is 0.0701 e. The number of anilines is 1. The van der Waals surface area contributed by atoms with Crippen LogP contribution >= 0.6 is 0 Å². The van der Waals surface area contributed by atoms with Gasteiger partial charge < -0.3 is 29.0 Å². The Balaban J connectivity index is 1.81. The van der Waals surface area contributed by atoms with Gasteiger partial charge in [0.2, 0.25) is 0 Å². The molecule has 1 N–H and O–H groups in total. The lowest BCUT2D eigenvalue weighted by molar-refractivity contribution is -0.00485. The first-order valence-corrected chi connectivity index (χ1v) is 8.02. The topological polar surface area (TPSA) is 60.4 Å². The molecule has 1 aromatic carbocycles. The summed E-state index contributed by atoms with van der Waals surface area (Å²) in [4.78, 5) is 2.16. The van der Waals surface area contributed by atoms with Gasteiger partial charge in [-0.05, 0) is 12.1 Å². The first kappa shape index (κ1) is 19.9. The SMILES string of the molecule is CN(CCOCCOCCOCCOCCO)c1ccccc1. The van der Waals surface area contributed by atoms with Gasteiger partial charge in [-0.2, -0.15) is 0 Å². The summed E-state index contributed by atoms with van der Waals surface area (Å²) in [7, 11) is 2.05. The molecule has 0 bridgehead atoms. The molecule has 0 fully saturated rings. The molecule has 0 saturated heterocycles. The van der Waals surface area contributed by atoms with Crippen molar-refractivity contribution in [1.29, 1.82) is 0 Å². The van der Waals surface area contributed by atoms with E-state index in [1.165, 1.54) is 5.69 Å². The maximum absolute atomic E-state index is 8.52. The number of para-hydroxylation sites is 1. The van der Waals surface area contributed by atoms with Gasteiger partial charge in [0.15, 0.2) is 0 Å². The lowest BCUT2D eigenvalue weighted by atomic mass is 10.3. The van der Waals surface area contributed by atoms with Crippen LogP contribution in [0.25, 0.3) is 0 Å². The highest BCUT2D eigenvalue weighted by atomic mass is 16.6. The molecule has 6 nitrogen and oxygen atoms in total. The van der Waals surface area contributed by atoms with Crippen LogP contribution in [0, 0.1) is 0 Å². The Bertz CT molecular complexity index is 363. The summed E-state index contributed by atoms with van der Waals surface area (Å²) in [6.45, 7) is 5.19. The molecule has 0 unspecified atom stereocenters. The molecule has 1 rings (SSSR count). The zero-order chi connectivity index (χ0) is 16.6. The molecule has 0 amide bonds. The van der Waals surface area contributed by atoms with Gasteiger partial charge in [-0.3, -0.25) is 0 Å². The van der Waals surface area contributed by atoms with Crippen LogP contribution in [0.15, 0.2) is 30.3 Å². The Morgan fingerprint density at radius 2 is 1.22 bits per heavy atom. The molecule has 6 heteroatoms. The van der Waals surface area contributed by atoms with Gasteiger partial charge in [0.1, 0.15) is 0 Å². The molecule has 0 aliphatic heterocycles. The molecule has 23 heavy (non-hydrogen) atoms. The normalized spacial score (nSPS) is 10.9. The van der Waals surface area contributed by atoms with E-state index in [0.29, 0.717) is 52.9 Å². The van der Waals surface area contributed by atoms with Crippen molar-refractivity contribution < 1.29 is 24.1 Å². The van der Waals surface area contributed by atoms with Crippen LogP contribution in [0.4, 0.5) is 5.69 Å². The van der Waals surface area contributed by atoms with Crippen LogP contribution < -0.4 is 4.90 Å². The molecule has 0 heterocycles. The number of hydrogen-bond acceptors (Lipinski definition) is 6. The van der Waals surface area contributed by atoms with Crippen LogP contribution in [-0.4, -0.2) is 78.2 Å². The fourth-order valence-electron chi connectivity index (χ4n) is 1.84. The summed E-state index contributed by atoms with van der Waals surface area (Å²) < 4.78 is 21.3. The molecular weight excluding hydrogens is 298 g/mol. The summed E-state index contributed by atoms with van der Waals surface area (Å²) in [5, 5.41) is 8.52. The molecule has 0 spiro atoms. The summed E-state index contributed by atoms with van der Waals surface area (Å²) in [6, 6.07) is 10.2. The van der Waals surface area contributed by atoms with Crippen molar-refractivity contribution in [2.24, 2.45) is 0 Å². The first-order chi connectivity index (χ1) is 11.3. The third-order valence-corrected chi connectivity index (χ3v) is 3.12. The number of hydrogen-bond donors (Lipinski definition) is 1. The summed E-state index contributed by atoms with van der Waals surface area (Å²) in [5.74, 6) is 0. The number of benzene rings is 1. The summed E-state index contributed by atoms with van der Waals surface area (Å²) in [5.41, 5.74) is 1.19. The lowest BCUT2D eigenvalue weighted by Gasteiger charge is -2.19. The highest BCUT2D eigenvalue weighted by Gasteiger charge is 1.99. The highest BCUT2D eigenvalue weighted by molar-refractivity contribution is 5.44. The number of aliphatic hydroxyl groups excluding tert-OH is 1. The zero-order valence-electron chi connectivity index (χ0n) is 14.0. The van der Waals surface area contributed by atoms with Gasteiger partial charge in [-0.15, -0.1) is 0 Å². The highest BCUT2D eigenvalue weighted by Crippen LogP contribution is 2.09. The minimum Gasteiger partial charge on any atom is -0.394 e. The molecule has 0 aliphatic rings. The summed E-state index contributed by atoms with van der Waals surface area (Å²) in [6.07, 6.45) is 0. The Labute approximate surface area is 138 Å². The van der Waals surface area contributed by atoms with E-state index in [1.54, 1.807) is 0 Å². The van der Waals surface area contributed by atoms with Crippen LogP contribution in [-0.2, 0) is 18.9 Å². The van der Waals surface area contributed by atoms with Crippen LogP contribution in [0.5, 0.6) is 0 Å². The van der Waals surface area contributed by atoms with Gasteiger partial charge in [0, 0.05) is 19.3 Å². The van der Waals surface area contributed by atoms with Gasteiger partial charge in [0.05, 0.1) is 59.5 Å². The predicted octanol–water partition coefficient (Wildman–Crippen LogP) is 1.18. The van der Waals surface area contributed by atoms with E-state index in [0.717, 1.165) is 6.54 Å². The molecule has 1 aromatic rings. The van der Waals surface area contributed by atoms with Gasteiger partial charge in [-0.25, -0.2) is 0 Å². The van der Waals surface area contributed by atoms with Crippen molar-refractivity contribution in [3.05, 3.63) is 30.3 Å². The monoisotopic (exact) mass is 327 g/mol. The van der Waals surface area contributed by atoms with Crippen LogP contribution in [0.1, 0.15) is 0 Å². The maximum atomic E-state index is 8.52. The minimum absolute atomic E-state index is 0.0459. The fourth-order valence-corrected chi connectivity index (χ4v) is 1.84. The standard InChI is InChI=1S/C17H29NO5/c1-18(17-5-3-2-4-6-17)7-9-20-11-13-22-15-16-23-14-12-21-10-8-19/h2-6,19H,7-16H2,1H3. The Kier molecular flexibility index (Phi) is 12.5. The average Bonchev–Trinajstić information content (AvgIpc) is 2.59. The van der Waals surface area contributed by atoms with Gasteiger partial charge in [0.25, 0.3) is 0 Å². The smallest absolute Gasteiger partial charge is 0.0701 e. The second-order valence-corrected chi connectivity index (χ2v) is 4.93. The second kappa shape index (κ2) is 14.4. The molecular formula is C17H29NO5. The molecule has 0 radical (unpaired) electrons. The number of ether oxygens (including phenoxy) is 4. The lowest BCUT2D eigenvalue weighted by Crippen LogP contribution is -2.23. The van der Waals surface area contributed by atoms with E-state index in [4.69, 9.17) is 24.1 Å². The largest absolute Gasteiger partial charge is 0.394 e. The van der Waals surface area contributed by atoms with Crippen LogP contribution in [0.3, 0.4) is 0 Å². The Hall–Kier alpha value is -1.18. The third kappa shape index (κ3) is 11.1. The van der Waals surface area contributed by atoms with E-state index in [-0.39, 0.29) is 6.61 Å². The van der Waals surface area contributed by atoms with Crippen LogP contribution in [0.2, 0.25) is 0 Å². The van der Waals surface area contributed by atoms with E-state index >= 15 is 0 Å². The van der Waals surface area contributed by atoms with Crippen molar-refractivity contribution in [2.75, 3.05) is 78.0 Å². The first-order valence-electron chi connectivity index (χ1n) is 8.02. The van der Waals surface area contributed by atoms with E-state index in [9.17, 15) is 0 Å². The molecule has 0 atom stereocenters. The van der Waals surface area contributed by atoms with Gasteiger partial charge in [-0.1, -0.05) is 18.2 Å². The Morgan fingerprint density at radius 1 is 0.739 bits per heavy atom. The number of aliphatic hydroxyl groups is 1. The van der Waals surface area contributed by atoms with E-state index in [2.05, 4.69) is 24.1 Å². The van der Waals surface area contributed by atoms with Crippen molar-refractivity contribution in [2.45, 2.75) is 0 Å². The van der Waals surface area contributed by atoms with Crippen molar-refractivity contribution >= 4 is 5.69 Å². The number of nitrogens with zero attached hydrogens (tertiary/aromatic N) is 1. The number of likely N-dealkylation sites (N-methyl/N-ethyl adjacent to an activating group) is 1. The van der Waals surface area contributed by atoms with Gasteiger partial charge >= 0.3 is 0 Å². The van der Waals surface area contributed by atoms with Crippen molar-refractivity contribution in [3.8, 4) is 0 Å². The second-order valence-electron chi connectivity index (χ2n) is 4.93. The average molecular weight is 327 g/mol. The Morgan fingerprint density at radius 3 is 1.74 bits per heavy atom. The minimum atomic E-state index is 0.0459. The summed E-state index contributed by atoms with van der Waals surface area (Å²) >= 11 is 0. The van der Waals surface area contributed by atoms with Crippen molar-refractivity contribution in [3.63, 3.8) is 0 Å². The predicted molar refractivity (Wildman–Crippen MR) is 90.1 cm³/mol.